The van der Waals surface area contributed by atoms with E-state index in [1.165, 1.54) is 7.11 Å². The molecule has 1 saturated heterocycles. The van der Waals surface area contributed by atoms with Gasteiger partial charge in [-0.25, -0.2) is 4.79 Å². The highest BCUT2D eigenvalue weighted by molar-refractivity contribution is 5.86. The van der Waals surface area contributed by atoms with Crippen molar-refractivity contribution in [3.8, 4) is 0 Å². The Labute approximate surface area is 96.9 Å². The summed E-state index contributed by atoms with van der Waals surface area (Å²) in [6, 6.07) is -0.441. The minimum atomic E-state index is -0.441. The Bertz CT molecular complexity index is 265. The molecule has 1 heterocycles. The van der Waals surface area contributed by atoms with Crippen LogP contribution in [0.4, 0.5) is 0 Å². The Hall–Kier alpha value is -1.06. The SMILES string of the molecule is CCCCC1CCN(C(C)C(=O)OC)C1=O. The van der Waals surface area contributed by atoms with Crippen LogP contribution in [0.3, 0.4) is 0 Å². The van der Waals surface area contributed by atoms with Crippen molar-refractivity contribution in [1.82, 2.24) is 4.90 Å². The number of rotatable bonds is 5. The summed E-state index contributed by atoms with van der Waals surface area (Å²) in [5.41, 5.74) is 0. The van der Waals surface area contributed by atoms with Gasteiger partial charge in [0.1, 0.15) is 6.04 Å². The van der Waals surface area contributed by atoms with E-state index in [0.717, 1.165) is 25.7 Å². The molecule has 4 nitrogen and oxygen atoms in total. The zero-order valence-electron chi connectivity index (χ0n) is 10.4. The number of unbranched alkanes of at least 4 members (excludes halogenated alkanes) is 1. The van der Waals surface area contributed by atoms with Crippen molar-refractivity contribution in [3.63, 3.8) is 0 Å². The Morgan fingerprint density at radius 2 is 2.31 bits per heavy atom. The second-order valence-electron chi connectivity index (χ2n) is 4.36. The van der Waals surface area contributed by atoms with E-state index in [2.05, 4.69) is 11.7 Å². The van der Waals surface area contributed by atoms with Gasteiger partial charge in [0.15, 0.2) is 0 Å². The third-order valence-corrected chi connectivity index (χ3v) is 3.27. The zero-order chi connectivity index (χ0) is 12.1. The van der Waals surface area contributed by atoms with E-state index in [4.69, 9.17) is 0 Å². The van der Waals surface area contributed by atoms with Crippen LogP contribution in [-0.4, -0.2) is 36.5 Å². The van der Waals surface area contributed by atoms with E-state index < -0.39 is 6.04 Å². The van der Waals surface area contributed by atoms with Crippen LogP contribution in [0.25, 0.3) is 0 Å². The number of ether oxygens (including phenoxy) is 1. The molecule has 2 atom stereocenters. The number of hydrogen-bond acceptors (Lipinski definition) is 3. The first-order valence-electron chi connectivity index (χ1n) is 6.00. The minimum absolute atomic E-state index is 0.117. The molecule has 2 unspecified atom stereocenters. The van der Waals surface area contributed by atoms with Crippen LogP contribution in [0.1, 0.15) is 39.5 Å². The monoisotopic (exact) mass is 227 g/mol. The summed E-state index contributed by atoms with van der Waals surface area (Å²) in [5.74, 6) is -0.0945. The molecular formula is C12H21NO3. The fraction of sp³-hybridized carbons (Fsp3) is 0.833. The van der Waals surface area contributed by atoms with Crippen LogP contribution >= 0.6 is 0 Å². The van der Waals surface area contributed by atoms with E-state index in [1.54, 1.807) is 11.8 Å². The standard InChI is InChI=1S/C12H21NO3/c1-4-5-6-10-7-8-13(11(10)14)9(2)12(15)16-3/h9-10H,4-8H2,1-3H3. The molecule has 1 amide bonds. The van der Waals surface area contributed by atoms with E-state index in [-0.39, 0.29) is 17.8 Å². The highest BCUT2D eigenvalue weighted by atomic mass is 16.5. The molecule has 0 aromatic carbocycles. The van der Waals surface area contributed by atoms with E-state index in [1.807, 2.05) is 0 Å². The molecule has 0 aliphatic carbocycles. The van der Waals surface area contributed by atoms with Crippen LogP contribution in [0.15, 0.2) is 0 Å². The van der Waals surface area contributed by atoms with Crippen LogP contribution in [0, 0.1) is 5.92 Å². The summed E-state index contributed by atoms with van der Waals surface area (Å²) >= 11 is 0. The molecule has 92 valence electrons. The Morgan fingerprint density at radius 1 is 1.62 bits per heavy atom. The van der Waals surface area contributed by atoms with E-state index >= 15 is 0 Å². The van der Waals surface area contributed by atoms with Crippen molar-refractivity contribution in [2.75, 3.05) is 13.7 Å². The van der Waals surface area contributed by atoms with Crippen molar-refractivity contribution >= 4 is 11.9 Å². The van der Waals surface area contributed by atoms with Gasteiger partial charge in [-0.3, -0.25) is 4.79 Å². The van der Waals surface area contributed by atoms with E-state index in [9.17, 15) is 9.59 Å². The second-order valence-corrected chi connectivity index (χ2v) is 4.36. The first-order valence-corrected chi connectivity index (χ1v) is 6.00. The maximum Gasteiger partial charge on any atom is 0.328 e. The summed E-state index contributed by atoms with van der Waals surface area (Å²) in [6.07, 6.45) is 4.01. The fourth-order valence-electron chi connectivity index (χ4n) is 2.16. The average molecular weight is 227 g/mol. The average Bonchev–Trinajstić information content (AvgIpc) is 2.66. The third kappa shape index (κ3) is 2.74. The molecular weight excluding hydrogens is 206 g/mol. The molecule has 0 spiro atoms. The zero-order valence-corrected chi connectivity index (χ0v) is 10.4. The highest BCUT2D eigenvalue weighted by Crippen LogP contribution is 2.25. The molecule has 0 aromatic rings. The van der Waals surface area contributed by atoms with E-state index in [0.29, 0.717) is 6.54 Å². The number of hydrogen-bond donors (Lipinski definition) is 0. The summed E-state index contributed by atoms with van der Waals surface area (Å²) in [5, 5.41) is 0. The molecule has 1 rings (SSSR count). The van der Waals surface area contributed by atoms with Gasteiger partial charge in [-0.05, 0) is 19.8 Å². The summed E-state index contributed by atoms with van der Waals surface area (Å²) < 4.78 is 4.66. The number of esters is 1. The van der Waals surface area contributed by atoms with Crippen LogP contribution in [0.5, 0.6) is 0 Å². The summed E-state index contributed by atoms with van der Waals surface area (Å²) in [7, 11) is 1.36. The Balaban J connectivity index is 2.53. The molecule has 16 heavy (non-hydrogen) atoms. The molecule has 0 bridgehead atoms. The van der Waals surface area contributed by atoms with Gasteiger partial charge in [0.2, 0.25) is 5.91 Å². The lowest BCUT2D eigenvalue weighted by Crippen LogP contribution is -2.41. The van der Waals surface area contributed by atoms with Crippen molar-refractivity contribution < 1.29 is 14.3 Å². The normalized spacial score (nSPS) is 22.3. The molecule has 0 radical (unpaired) electrons. The lowest BCUT2D eigenvalue weighted by atomic mass is 10.0. The first kappa shape index (κ1) is 13.0. The maximum atomic E-state index is 12.0. The molecule has 0 saturated carbocycles. The summed E-state index contributed by atoms with van der Waals surface area (Å²) in [6.45, 7) is 4.53. The summed E-state index contributed by atoms with van der Waals surface area (Å²) in [4.78, 5) is 25.0. The Morgan fingerprint density at radius 3 is 2.88 bits per heavy atom. The predicted molar refractivity (Wildman–Crippen MR) is 60.8 cm³/mol. The molecule has 1 aliphatic rings. The molecule has 1 fully saturated rings. The number of carbonyl (C=O) groups excluding carboxylic acids is 2. The highest BCUT2D eigenvalue weighted by Gasteiger charge is 2.36. The molecule has 1 aliphatic heterocycles. The fourth-order valence-corrected chi connectivity index (χ4v) is 2.16. The number of methoxy groups -OCH3 is 1. The van der Waals surface area contributed by atoms with Gasteiger partial charge in [-0.15, -0.1) is 0 Å². The quantitative estimate of drug-likeness (QED) is 0.670. The van der Waals surface area contributed by atoms with Gasteiger partial charge in [0.25, 0.3) is 0 Å². The van der Waals surface area contributed by atoms with Crippen molar-refractivity contribution in [1.29, 1.82) is 0 Å². The van der Waals surface area contributed by atoms with Crippen molar-refractivity contribution in [2.24, 2.45) is 5.92 Å². The molecule has 4 heteroatoms. The van der Waals surface area contributed by atoms with Gasteiger partial charge in [-0.2, -0.15) is 0 Å². The van der Waals surface area contributed by atoms with Crippen molar-refractivity contribution in [3.05, 3.63) is 0 Å². The van der Waals surface area contributed by atoms with Gasteiger partial charge < -0.3 is 9.64 Å². The third-order valence-electron chi connectivity index (χ3n) is 3.27. The first-order chi connectivity index (χ1) is 7.61. The smallest absolute Gasteiger partial charge is 0.328 e. The minimum Gasteiger partial charge on any atom is -0.467 e. The Kier molecular flexibility index (Phi) is 4.77. The second kappa shape index (κ2) is 5.87. The number of carbonyl (C=O) groups is 2. The molecule has 0 aromatic heterocycles. The molecule has 0 N–H and O–H groups in total. The largest absolute Gasteiger partial charge is 0.467 e. The number of amides is 1. The van der Waals surface area contributed by atoms with Crippen LogP contribution in [-0.2, 0) is 14.3 Å². The lowest BCUT2D eigenvalue weighted by Gasteiger charge is -2.22. The van der Waals surface area contributed by atoms with Gasteiger partial charge in [-0.1, -0.05) is 19.8 Å². The van der Waals surface area contributed by atoms with Crippen LogP contribution in [0.2, 0.25) is 0 Å². The predicted octanol–water partition coefficient (Wildman–Crippen LogP) is 1.59. The topological polar surface area (TPSA) is 46.6 Å². The number of likely N-dealkylation sites (tertiary alicyclic amines) is 1. The number of nitrogens with zero attached hydrogens (tertiary/aromatic N) is 1. The van der Waals surface area contributed by atoms with Gasteiger partial charge >= 0.3 is 5.97 Å². The van der Waals surface area contributed by atoms with Gasteiger partial charge in [0.05, 0.1) is 7.11 Å². The van der Waals surface area contributed by atoms with Gasteiger partial charge in [0, 0.05) is 12.5 Å². The van der Waals surface area contributed by atoms with Crippen LogP contribution < -0.4 is 0 Å². The van der Waals surface area contributed by atoms with Crippen molar-refractivity contribution in [2.45, 2.75) is 45.6 Å². The lowest BCUT2D eigenvalue weighted by molar-refractivity contribution is -0.151. The maximum absolute atomic E-state index is 12.0.